The predicted molar refractivity (Wildman–Crippen MR) is 73.7 cm³/mol. The average molecular weight is 275 g/mol. The van der Waals surface area contributed by atoms with Crippen LogP contribution in [0.5, 0.6) is 5.75 Å². The van der Waals surface area contributed by atoms with E-state index in [-0.39, 0.29) is 12.5 Å². The molecule has 0 aliphatic rings. The van der Waals surface area contributed by atoms with E-state index in [2.05, 4.69) is 5.32 Å². The van der Waals surface area contributed by atoms with Crippen molar-refractivity contribution in [1.29, 1.82) is 0 Å². The first-order valence-corrected chi connectivity index (χ1v) is 6.27. The van der Waals surface area contributed by atoms with E-state index in [1.807, 2.05) is 0 Å². The second-order valence-electron chi connectivity index (χ2n) is 4.41. The molecule has 1 heterocycles. The molecule has 106 valence electrons. The molecular weight excluding hydrogens is 258 g/mol. The number of ether oxygens (including phenoxy) is 1. The van der Waals surface area contributed by atoms with E-state index in [0.29, 0.717) is 17.1 Å². The first-order valence-electron chi connectivity index (χ1n) is 6.27. The van der Waals surface area contributed by atoms with E-state index < -0.39 is 6.10 Å². The van der Waals surface area contributed by atoms with Gasteiger partial charge in [-0.15, -0.1) is 0 Å². The number of furan rings is 1. The van der Waals surface area contributed by atoms with Crippen LogP contribution in [-0.4, -0.2) is 24.7 Å². The van der Waals surface area contributed by atoms with Gasteiger partial charge in [0.2, 0.25) is 0 Å². The summed E-state index contributed by atoms with van der Waals surface area (Å²) < 4.78 is 10.4. The van der Waals surface area contributed by atoms with Crippen molar-refractivity contribution in [2.75, 3.05) is 13.7 Å². The lowest BCUT2D eigenvalue weighted by atomic mass is 10.2. The Hall–Kier alpha value is -2.27. The van der Waals surface area contributed by atoms with E-state index in [1.54, 1.807) is 50.4 Å². The molecule has 1 amide bonds. The van der Waals surface area contributed by atoms with Crippen LogP contribution in [0.2, 0.25) is 0 Å². The number of methoxy groups -OCH3 is 1. The Morgan fingerprint density at radius 2 is 2.20 bits per heavy atom. The van der Waals surface area contributed by atoms with Crippen molar-refractivity contribution in [2.24, 2.45) is 0 Å². The number of hydrogen-bond acceptors (Lipinski definition) is 4. The molecule has 0 fully saturated rings. The van der Waals surface area contributed by atoms with Crippen LogP contribution >= 0.6 is 0 Å². The van der Waals surface area contributed by atoms with Crippen LogP contribution in [0.15, 0.2) is 40.8 Å². The normalized spacial score (nSPS) is 11.9. The van der Waals surface area contributed by atoms with Crippen molar-refractivity contribution in [3.63, 3.8) is 0 Å². The minimum Gasteiger partial charge on any atom is -0.497 e. The largest absolute Gasteiger partial charge is 0.497 e. The smallest absolute Gasteiger partial charge is 0.251 e. The van der Waals surface area contributed by atoms with Crippen LogP contribution in [0.25, 0.3) is 0 Å². The molecule has 0 aliphatic heterocycles. The molecule has 20 heavy (non-hydrogen) atoms. The van der Waals surface area contributed by atoms with Gasteiger partial charge >= 0.3 is 0 Å². The Labute approximate surface area is 117 Å². The zero-order valence-electron chi connectivity index (χ0n) is 11.4. The molecule has 5 heteroatoms. The molecule has 0 saturated carbocycles. The van der Waals surface area contributed by atoms with Crippen molar-refractivity contribution >= 4 is 5.91 Å². The highest BCUT2D eigenvalue weighted by molar-refractivity contribution is 5.94. The molecule has 5 nitrogen and oxygen atoms in total. The molecule has 1 unspecified atom stereocenters. The van der Waals surface area contributed by atoms with Crippen LogP contribution in [-0.2, 0) is 0 Å². The summed E-state index contributed by atoms with van der Waals surface area (Å²) >= 11 is 0. The maximum atomic E-state index is 11.9. The lowest BCUT2D eigenvalue weighted by Gasteiger charge is -2.10. The van der Waals surface area contributed by atoms with Gasteiger partial charge in [0.05, 0.1) is 13.7 Å². The van der Waals surface area contributed by atoms with Crippen molar-refractivity contribution < 1.29 is 19.1 Å². The van der Waals surface area contributed by atoms with Crippen LogP contribution in [0.3, 0.4) is 0 Å². The maximum Gasteiger partial charge on any atom is 0.251 e. The Morgan fingerprint density at radius 1 is 1.40 bits per heavy atom. The van der Waals surface area contributed by atoms with Gasteiger partial charge in [-0.2, -0.15) is 0 Å². The molecule has 0 spiro atoms. The highest BCUT2D eigenvalue weighted by Crippen LogP contribution is 2.16. The number of amides is 1. The number of nitrogens with one attached hydrogen (secondary N) is 1. The van der Waals surface area contributed by atoms with E-state index in [4.69, 9.17) is 9.15 Å². The molecule has 1 aromatic heterocycles. The topological polar surface area (TPSA) is 71.7 Å². The second-order valence-corrected chi connectivity index (χ2v) is 4.41. The summed E-state index contributed by atoms with van der Waals surface area (Å²) in [4.78, 5) is 11.9. The standard InChI is InChI=1S/C15H17NO4/c1-10-6-7-14(20-10)13(17)9-16-15(18)11-4-3-5-12(8-11)19-2/h3-8,13,17H,9H2,1-2H3,(H,16,18). The fourth-order valence-electron chi connectivity index (χ4n) is 1.79. The number of hydrogen-bond donors (Lipinski definition) is 2. The van der Waals surface area contributed by atoms with Crippen LogP contribution in [0, 0.1) is 6.92 Å². The summed E-state index contributed by atoms with van der Waals surface area (Å²) in [6.07, 6.45) is -0.863. The number of rotatable bonds is 5. The van der Waals surface area contributed by atoms with Gasteiger partial charge in [0.1, 0.15) is 23.4 Å². The van der Waals surface area contributed by atoms with Crippen molar-refractivity contribution in [2.45, 2.75) is 13.0 Å². The number of aryl methyl sites for hydroxylation is 1. The molecule has 0 radical (unpaired) electrons. The number of carbonyl (C=O) groups excluding carboxylic acids is 1. The lowest BCUT2D eigenvalue weighted by molar-refractivity contribution is 0.0900. The van der Waals surface area contributed by atoms with Crippen LogP contribution < -0.4 is 10.1 Å². The minimum atomic E-state index is -0.863. The van der Waals surface area contributed by atoms with Crippen molar-refractivity contribution in [3.8, 4) is 5.75 Å². The summed E-state index contributed by atoms with van der Waals surface area (Å²) in [7, 11) is 1.54. The van der Waals surface area contributed by atoms with Crippen LogP contribution in [0.4, 0.5) is 0 Å². The quantitative estimate of drug-likeness (QED) is 0.876. The fraction of sp³-hybridized carbons (Fsp3) is 0.267. The average Bonchev–Trinajstić information content (AvgIpc) is 2.91. The number of aliphatic hydroxyl groups excluding tert-OH is 1. The third kappa shape index (κ3) is 3.39. The van der Waals surface area contributed by atoms with Crippen molar-refractivity contribution in [1.82, 2.24) is 5.32 Å². The second kappa shape index (κ2) is 6.25. The molecule has 0 aliphatic carbocycles. The zero-order valence-corrected chi connectivity index (χ0v) is 11.4. The molecule has 2 rings (SSSR count). The third-order valence-corrected chi connectivity index (χ3v) is 2.88. The Kier molecular flexibility index (Phi) is 4.42. The summed E-state index contributed by atoms with van der Waals surface area (Å²) in [5, 5.41) is 12.6. The Bertz CT molecular complexity index is 591. The minimum absolute atomic E-state index is 0.0863. The summed E-state index contributed by atoms with van der Waals surface area (Å²) in [6, 6.07) is 10.3. The van der Waals surface area contributed by atoms with Gasteiger partial charge in [0.15, 0.2) is 0 Å². The molecule has 0 saturated heterocycles. The first-order chi connectivity index (χ1) is 9.60. The summed E-state index contributed by atoms with van der Waals surface area (Å²) in [5.41, 5.74) is 0.479. The lowest BCUT2D eigenvalue weighted by Crippen LogP contribution is -2.28. The van der Waals surface area contributed by atoms with Gasteiger partial charge in [0, 0.05) is 5.56 Å². The van der Waals surface area contributed by atoms with Gasteiger partial charge in [-0.3, -0.25) is 4.79 Å². The number of aliphatic hydroxyl groups is 1. The molecule has 2 N–H and O–H groups in total. The van der Waals surface area contributed by atoms with Gasteiger partial charge in [-0.25, -0.2) is 0 Å². The van der Waals surface area contributed by atoms with Gasteiger partial charge in [0.25, 0.3) is 5.91 Å². The van der Waals surface area contributed by atoms with Crippen LogP contribution in [0.1, 0.15) is 28.0 Å². The third-order valence-electron chi connectivity index (χ3n) is 2.88. The fourth-order valence-corrected chi connectivity index (χ4v) is 1.79. The molecule has 1 aromatic carbocycles. The van der Waals surface area contributed by atoms with Gasteiger partial charge in [-0.05, 0) is 37.3 Å². The molecule has 1 atom stereocenters. The summed E-state index contributed by atoms with van der Waals surface area (Å²) in [5.74, 6) is 1.50. The number of benzene rings is 1. The Morgan fingerprint density at radius 3 is 2.85 bits per heavy atom. The maximum absolute atomic E-state index is 11.9. The highest BCUT2D eigenvalue weighted by atomic mass is 16.5. The van der Waals surface area contributed by atoms with Crippen molar-refractivity contribution in [3.05, 3.63) is 53.5 Å². The number of carbonyl (C=O) groups is 1. The Balaban J connectivity index is 1.94. The molecule has 2 aromatic rings. The van der Waals surface area contributed by atoms with E-state index in [9.17, 15) is 9.90 Å². The van der Waals surface area contributed by atoms with E-state index in [1.165, 1.54) is 0 Å². The summed E-state index contributed by atoms with van der Waals surface area (Å²) in [6.45, 7) is 1.88. The zero-order chi connectivity index (χ0) is 14.5. The first kappa shape index (κ1) is 14.1. The van der Waals surface area contributed by atoms with Gasteiger partial charge in [-0.1, -0.05) is 6.07 Å². The molecular formula is C15H17NO4. The highest BCUT2D eigenvalue weighted by Gasteiger charge is 2.14. The van der Waals surface area contributed by atoms with Gasteiger partial charge < -0.3 is 19.6 Å². The monoisotopic (exact) mass is 275 g/mol. The van der Waals surface area contributed by atoms with E-state index in [0.717, 1.165) is 5.76 Å². The predicted octanol–water partition coefficient (Wildman–Crippen LogP) is 2.06. The van der Waals surface area contributed by atoms with E-state index >= 15 is 0 Å². The SMILES string of the molecule is COc1cccc(C(=O)NCC(O)c2ccc(C)o2)c1. The molecule has 0 bridgehead atoms.